The van der Waals surface area contributed by atoms with Crippen molar-refractivity contribution in [1.29, 1.82) is 0 Å². The summed E-state index contributed by atoms with van der Waals surface area (Å²) in [5.41, 5.74) is 6.53. The Labute approximate surface area is 205 Å². The van der Waals surface area contributed by atoms with Gasteiger partial charge in [-0.3, -0.25) is 9.59 Å². The molecule has 2 aliphatic heterocycles. The molecule has 0 aliphatic carbocycles. The van der Waals surface area contributed by atoms with E-state index in [1.807, 2.05) is 47.4 Å². The highest BCUT2D eigenvalue weighted by Crippen LogP contribution is 2.42. The smallest absolute Gasteiger partial charge is 0.246 e. The molecule has 0 bridgehead atoms. The van der Waals surface area contributed by atoms with Gasteiger partial charge < -0.3 is 14.8 Å². The van der Waals surface area contributed by atoms with Gasteiger partial charge in [0.1, 0.15) is 12.6 Å². The van der Waals surface area contributed by atoms with Crippen LogP contribution in [0.5, 0.6) is 0 Å². The van der Waals surface area contributed by atoms with E-state index in [1.54, 1.807) is 4.90 Å². The van der Waals surface area contributed by atoms with Crippen molar-refractivity contribution in [2.45, 2.75) is 44.8 Å². The number of nitrogens with one attached hydrogen (secondary N) is 1. The second kappa shape index (κ2) is 8.42. The Bertz CT molecular complexity index is 1400. The standard InChI is InChI=1S/C30H29N3O2/c1-19(2)21-12-14-22(15-13-21)29-28-24(23-10-6-7-11-25(23)31-28)16-26-30(35)32(18-27(34)33(26)29)17-20-8-4-3-5-9-20/h3-15,19,26,29,31H,16-18H2,1-2H3/t26-,29?/m0/s1. The Hall–Kier alpha value is -3.86. The number of carbonyl (C=O) groups excluding carboxylic acids is 2. The maximum atomic E-state index is 13.8. The first-order chi connectivity index (χ1) is 17.0. The van der Waals surface area contributed by atoms with Gasteiger partial charge in [0, 0.05) is 29.6 Å². The lowest BCUT2D eigenvalue weighted by Crippen LogP contribution is -2.62. The molecule has 176 valence electrons. The molecule has 0 spiro atoms. The average molecular weight is 464 g/mol. The Morgan fingerprint density at radius 1 is 0.914 bits per heavy atom. The largest absolute Gasteiger partial charge is 0.356 e. The number of benzene rings is 3. The van der Waals surface area contributed by atoms with Crippen LogP contribution in [0.1, 0.15) is 53.8 Å². The first kappa shape index (κ1) is 21.7. The Kier molecular flexibility index (Phi) is 5.21. The first-order valence-corrected chi connectivity index (χ1v) is 12.3. The number of para-hydroxylation sites is 1. The van der Waals surface area contributed by atoms with Gasteiger partial charge in [-0.1, -0.05) is 86.6 Å². The molecule has 35 heavy (non-hydrogen) atoms. The van der Waals surface area contributed by atoms with Gasteiger partial charge in [0.25, 0.3) is 0 Å². The van der Waals surface area contributed by atoms with Gasteiger partial charge in [0.05, 0.1) is 6.04 Å². The summed E-state index contributed by atoms with van der Waals surface area (Å²) in [5.74, 6) is 0.442. The molecule has 2 atom stereocenters. The quantitative estimate of drug-likeness (QED) is 0.454. The third-order valence-corrected chi connectivity index (χ3v) is 7.48. The van der Waals surface area contributed by atoms with Crippen molar-refractivity contribution in [2.75, 3.05) is 6.54 Å². The SMILES string of the molecule is CC(C)c1ccc(C2c3[nH]c4ccccc4c3C[C@H]3C(=O)N(Cc4ccccc4)CC(=O)N23)cc1. The summed E-state index contributed by atoms with van der Waals surface area (Å²) in [4.78, 5) is 34.7. The van der Waals surface area contributed by atoms with Crippen molar-refractivity contribution in [3.8, 4) is 0 Å². The van der Waals surface area contributed by atoms with Gasteiger partial charge in [-0.2, -0.15) is 0 Å². The van der Waals surface area contributed by atoms with Crippen LogP contribution >= 0.6 is 0 Å². The summed E-state index contributed by atoms with van der Waals surface area (Å²) in [7, 11) is 0. The molecule has 1 saturated heterocycles. The van der Waals surface area contributed by atoms with Crippen LogP contribution in [-0.4, -0.2) is 39.2 Å². The molecular weight excluding hydrogens is 434 g/mol. The zero-order valence-electron chi connectivity index (χ0n) is 20.1. The summed E-state index contributed by atoms with van der Waals surface area (Å²) in [6.07, 6.45) is 0.524. The van der Waals surface area contributed by atoms with Gasteiger partial charge in [0.2, 0.25) is 11.8 Å². The molecule has 2 amide bonds. The van der Waals surface area contributed by atoms with E-state index in [4.69, 9.17) is 0 Å². The van der Waals surface area contributed by atoms with Gasteiger partial charge in [-0.05, 0) is 34.2 Å². The summed E-state index contributed by atoms with van der Waals surface area (Å²) < 4.78 is 0. The second-order valence-corrected chi connectivity index (χ2v) is 9.99. The molecule has 1 N–H and O–H groups in total. The number of aromatic nitrogens is 1. The number of H-pyrrole nitrogens is 1. The molecule has 1 fully saturated rings. The molecular formula is C30H29N3O2. The van der Waals surface area contributed by atoms with E-state index in [0.717, 1.165) is 33.3 Å². The molecule has 0 saturated carbocycles. The molecule has 0 radical (unpaired) electrons. The normalized spacial score (nSPS) is 19.9. The Morgan fingerprint density at radius 2 is 1.63 bits per heavy atom. The summed E-state index contributed by atoms with van der Waals surface area (Å²) in [6, 6.07) is 25.8. The fourth-order valence-corrected chi connectivity index (χ4v) is 5.67. The summed E-state index contributed by atoms with van der Waals surface area (Å²) in [5, 5.41) is 1.13. The average Bonchev–Trinajstić information content (AvgIpc) is 3.25. The van der Waals surface area contributed by atoms with Crippen LogP contribution < -0.4 is 0 Å². The van der Waals surface area contributed by atoms with Crippen LogP contribution in [0.25, 0.3) is 10.9 Å². The van der Waals surface area contributed by atoms with E-state index in [9.17, 15) is 9.59 Å². The molecule has 6 rings (SSSR count). The lowest BCUT2D eigenvalue weighted by Gasteiger charge is -2.47. The van der Waals surface area contributed by atoms with E-state index in [2.05, 4.69) is 55.2 Å². The molecule has 1 unspecified atom stereocenters. The number of piperazine rings is 1. The van der Waals surface area contributed by atoms with E-state index in [1.165, 1.54) is 5.56 Å². The van der Waals surface area contributed by atoms with Crippen LogP contribution in [-0.2, 0) is 22.6 Å². The molecule has 4 aromatic rings. The van der Waals surface area contributed by atoms with Crippen molar-refractivity contribution in [3.05, 3.63) is 107 Å². The minimum atomic E-state index is -0.513. The van der Waals surface area contributed by atoms with Crippen molar-refractivity contribution >= 4 is 22.7 Å². The lowest BCUT2D eigenvalue weighted by molar-refractivity contribution is -0.159. The van der Waals surface area contributed by atoms with E-state index in [0.29, 0.717) is 18.9 Å². The third-order valence-electron chi connectivity index (χ3n) is 7.48. The highest BCUT2D eigenvalue weighted by molar-refractivity contribution is 5.97. The fraction of sp³-hybridized carbons (Fsp3) is 0.267. The van der Waals surface area contributed by atoms with Gasteiger partial charge in [0.15, 0.2) is 0 Å². The van der Waals surface area contributed by atoms with Crippen LogP contribution in [0, 0.1) is 0 Å². The Morgan fingerprint density at radius 3 is 2.37 bits per heavy atom. The molecule has 1 aromatic heterocycles. The highest BCUT2D eigenvalue weighted by Gasteiger charge is 2.48. The zero-order chi connectivity index (χ0) is 24.1. The number of fused-ring (bicyclic) bond motifs is 4. The minimum Gasteiger partial charge on any atom is -0.356 e. The molecule has 3 aromatic carbocycles. The highest BCUT2D eigenvalue weighted by atomic mass is 16.2. The number of rotatable bonds is 4. The first-order valence-electron chi connectivity index (χ1n) is 12.3. The predicted molar refractivity (Wildman–Crippen MR) is 137 cm³/mol. The van der Waals surface area contributed by atoms with E-state index in [-0.39, 0.29) is 24.4 Å². The summed E-state index contributed by atoms with van der Waals surface area (Å²) in [6.45, 7) is 4.90. The van der Waals surface area contributed by atoms with Crippen molar-refractivity contribution < 1.29 is 9.59 Å². The van der Waals surface area contributed by atoms with Crippen molar-refractivity contribution in [1.82, 2.24) is 14.8 Å². The Balaban J connectivity index is 1.45. The predicted octanol–water partition coefficient (Wildman–Crippen LogP) is 5.18. The molecule has 2 aliphatic rings. The van der Waals surface area contributed by atoms with Crippen LogP contribution in [0.4, 0.5) is 0 Å². The number of nitrogens with zero attached hydrogens (tertiary/aromatic N) is 2. The molecule has 5 nitrogen and oxygen atoms in total. The van der Waals surface area contributed by atoms with Crippen molar-refractivity contribution in [3.63, 3.8) is 0 Å². The lowest BCUT2D eigenvalue weighted by atomic mass is 9.85. The third kappa shape index (κ3) is 3.63. The fourth-order valence-electron chi connectivity index (χ4n) is 5.67. The number of hydrogen-bond acceptors (Lipinski definition) is 2. The number of hydrogen-bond donors (Lipinski definition) is 1. The van der Waals surface area contributed by atoms with Crippen LogP contribution in [0.15, 0.2) is 78.9 Å². The monoisotopic (exact) mass is 463 g/mol. The van der Waals surface area contributed by atoms with Gasteiger partial charge >= 0.3 is 0 Å². The maximum Gasteiger partial charge on any atom is 0.246 e. The minimum absolute atomic E-state index is 0.00669. The maximum absolute atomic E-state index is 13.8. The number of amides is 2. The molecule has 5 heteroatoms. The summed E-state index contributed by atoms with van der Waals surface area (Å²) >= 11 is 0. The molecule has 3 heterocycles. The van der Waals surface area contributed by atoms with Crippen LogP contribution in [0.3, 0.4) is 0 Å². The number of aromatic amines is 1. The van der Waals surface area contributed by atoms with Crippen LogP contribution in [0.2, 0.25) is 0 Å². The zero-order valence-corrected chi connectivity index (χ0v) is 20.1. The van der Waals surface area contributed by atoms with Gasteiger partial charge in [-0.25, -0.2) is 0 Å². The topological polar surface area (TPSA) is 56.4 Å². The van der Waals surface area contributed by atoms with Gasteiger partial charge in [-0.15, -0.1) is 0 Å². The number of carbonyl (C=O) groups is 2. The van der Waals surface area contributed by atoms with Crippen molar-refractivity contribution in [2.24, 2.45) is 0 Å². The second-order valence-electron chi connectivity index (χ2n) is 9.99. The van der Waals surface area contributed by atoms with E-state index < -0.39 is 6.04 Å². The van der Waals surface area contributed by atoms with E-state index >= 15 is 0 Å².